The Morgan fingerprint density at radius 2 is 1.89 bits per heavy atom. The molecule has 1 aliphatic carbocycles. The van der Waals surface area contributed by atoms with Gasteiger partial charge in [0.15, 0.2) is 0 Å². The molecule has 19 heavy (non-hydrogen) atoms. The van der Waals surface area contributed by atoms with Gasteiger partial charge >= 0.3 is 0 Å². The maximum atomic E-state index is 3.75. The fourth-order valence-corrected chi connectivity index (χ4v) is 4.41. The molecule has 3 atom stereocenters. The van der Waals surface area contributed by atoms with E-state index < -0.39 is 0 Å². The Kier molecular flexibility index (Phi) is 2.89. The summed E-state index contributed by atoms with van der Waals surface area (Å²) in [5.74, 6) is 0.786. The molecule has 0 spiro atoms. The van der Waals surface area contributed by atoms with Crippen molar-refractivity contribution in [2.45, 2.75) is 56.1 Å². The number of benzene rings is 1. The summed E-state index contributed by atoms with van der Waals surface area (Å²) in [6, 6.07) is 11.4. The SMILES string of the molecule is CN(CC1Cc2ccccc21)C1CC2CCC(C1)N2. The van der Waals surface area contributed by atoms with Gasteiger partial charge in [-0.2, -0.15) is 0 Å². The van der Waals surface area contributed by atoms with E-state index in [0.717, 1.165) is 24.0 Å². The summed E-state index contributed by atoms with van der Waals surface area (Å²) in [5.41, 5.74) is 3.18. The topological polar surface area (TPSA) is 15.3 Å². The molecular weight excluding hydrogens is 232 g/mol. The average molecular weight is 256 g/mol. The van der Waals surface area contributed by atoms with Crippen LogP contribution in [-0.2, 0) is 6.42 Å². The van der Waals surface area contributed by atoms with Crippen LogP contribution in [0, 0.1) is 0 Å². The lowest BCUT2D eigenvalue weighted by atomic mass is 9.77. The third-order valence-corrected chi connectivity index (χ3v) is 5.54. The summed E-state index contributed by atoms with van der Waals surface area (Å²) in [7, 11) is 2.34. The van der Waals surface area contributed by atoms with E-state index in [1.165, 1.54) is 38.6 Å². The van der Waals surface area contributed by atoms with Crippen molar-refractivity contribution in [3.8, 4) is 0 Å². The van der Waals surface area contributed by atoms with Crippen LogP contribution in [0.25, 0.3) is 0 Å². The van der Waals surface area contributed by atoms with Crippen molar-refractivity contribution in [3.05, 3.63) is 35.4 Å². The number of fused-ring (bicyclic) bond motifs is 3. The number of piperidine rings is 1. The first kappa shape index (κ1) is 11.9. The molecule has 102 valence electrons. The van der Waals surface area contributed by atoms with Crippen molar-refractivity contribution in [3.63, 3.8) is 0 Å². The molecule has 2 bridgehead atoms. The summed E-state index contributed by atoms with van der Waals surface area (Å²) >= 11 is 0. The monoisotopic (exact) mass is 256 g/mol. The van der Waals surface area contributed by atoms with Gasteiger partial charge < -0.3 is 10.2 Å². The number of rotatable bonds is 3. The Bertz CT molecular complexity index is 458. The van der Waals surface area contributed by atoms with E-state index in [1.54, 1.807) is 11.1 Å². The molecule has 0 aromatic heterocycles. The van der Waals surface area contributed by atoms with E-state index in [1.807, 2.05) is 0 Å². The highest BCUT2D eigenvalue weighted by Crippen LogP contribution is 2.37. The summed E-state index contributed by atoms with van der Waals surface area (Å²) in [5, 5.41) is 3.75. The first-order valence-electron chi connectivity index (χ1n) is 7.83. The highest BCUT2D eigenvalue weighted by Gasteiger charge is 2.36. The molecule has 0 saturated carbocycles. The molecule has 2 saturated heterocycles. The lowest BCUT2D eigenvalue weighted by Crippen LogP contribution is -2.48. The number of nitrogens with zero attached hydrogens (tertiary/aromatic N) is 1. The van der Waals surface area contributed by atoms with Gasteiger partial charge in [0.2, 0.25) is 0 Å². The maximum absolute atomic E-state index is 3.75. The van der Waals surface area contributed by atoms with Gasteiger partial charge in [-0.05, 0) is 50.3 Å². The molecule has 3 unspecified atom stereocenters. The second-order valence-corrected chi connectivity index (χ2v) is 6.80. The van der Waals surface area contributed by atoms with Gasteiger partial charge in [0.25, 0.3) is 0 Å². The van der Waals surface area contributed by atoms with Crippen LogP contribution in [0.3, 0.4) is 0 Å². The first-order chi connectivity index (χ1) is 9.29. The number of hydrogen-bond donors (Lipinski definition) is 1. The van der Waals surface area contributed by atoms with E-state index in [0.29, 0.717) is 0 Å². The maximum Gasteiger partial charge on any atom is 0.0122 e. The molecule has 2 aliphatic heterocycles. The van der Waals surface area contributed by atoms with Crippen molar-refractivity contribution in [1.82, 2.24) is 10.2 Å². The van der Waals surface area contributed by atoms with Crippen molar-refractivity contribution in [2.75, 3.05) is 13.6 Å². The third kappa shape index (κ3) is 2.11. The van der Waals surface area contributed by atoms with E-state index in [-0.39, 0.29) is 0 Å². The number of nitrogens with one attached hydrogen (secondary N) is 1. The minimum Gasteiger partial charge on any atom is -0.311 e. The predicted octanol–water partition coefficient (Wildman–Crippen LogP) is 2.54. The van der Waals surface area contributed by atoms with Crippen LogP contribution in [0.1, 0.15) is 42.7 Å². The first-order valence-corrected chi connectivity index (χ1v) is 7.83. The molecule has 1 aromatic rings. The van der Waals surface area contributed by atoms with Crippen molar-refractivity contribution >= 4 is 0 Å². The smallest absolute Gasteiger partial charge is 0.0122 e. The predicted molar refractivity (Wildman–Crippen MR) is 78.5 cm³/mol. The Hall–Kier alpha value is -0.860. The molecule has 1 aromatic carbocycles. The summed E-state index contributed by atoms with van der Waals surface area (Å²) in [6.45, 7) is 1.25. The van der Waals surface area contributed by atoms with Gasteiger partial charge in [-0.25, -0.2) is 0 Å². The molecule has 0 amide bonds. The zero-order valence-electron chi connectivity index (χ0n) is 11.8. The fourth-order valence-electron chi connectivity index (χ4n) is 4.41. The van der Waals surface area contributed by atoms with Crippen LogP contribution < -0.4 is 5.32 Å². The highest BCUT2D eigenvalue weighted by atomic mass is 15.2. The highest BCUT2D eigenvalue weighted by molar-refractivity contribution is 5.40. The van der Waals surface area contributed by atoms with Gasteiger partial charge in [0.05, 0.1) is 0 Å². The average Bonchev–Trinajstić information content (AvgIpc) is 2.74. The van der Waals surface area contributed by atoms with Gasteiger partial charge in [-0.15, -0.1) is 0 Å². The molecule has 4 rings (SSSR count). The van der Waals surface area contributed by atoms with Gasteiger partial charge in [0.1, 0.15) is 0 Å². The Labute approximate surface area is 116 Å². The second-order valence-electron chi connectivity index (χ2n) is 6.80. The van der Waals surface area contributed by atoms with Gasteiger partial charge in [-0.3, -0.25) is 0 Å². The molecular formula is C17H24N2. The van der Waals surface area contributed by atoms with Crippen molar-refractivity contribution in [1.29, 1.82) is 0 Å². The van der Waals surface area contributed by atoms with Crippen molar-refractivity contribution in [2.24, 2.45) is 0 Å². The number of hydrogen-bond acceptors (Lipinski definition) is 2. The summed E-state index contributed by atoms with van der Waals surface area (Å²) < 4.78 is 0. The fraction of sp³-hybridized carbons (Fsp3) is 0.647. The lowest BCUT2D eigenvalue weighted by Gasteiger charge is -2.40. The Morgan fingerprint density at radius 3 is 2.63 bits per heavy atom. The molecule has 2 heteroatoms. The van der Waals surface area contributed by atoms with E-state index >= 15 is 0 Å². The van der Waals surface area contributed by atoms with Gasteiger partial charge in [0, 0.05) is 30.6 Å². The normalized spacial score (nSPS) is 36.1. The van der Waals surface area contributed by atoms with E-state index in [4.69, 9.17) is 0 Å². The van der Waals surface area contributed by atoms with Crippen molar-refractivity contribution < 1.29 is 0 Å². The van der Waals surface area contributed by atoms with Crippen LogP contribution in [0.4, 0.5) is 0 Å². The quantitative estimate of drug-likeness (QED) is 0.894. The molecule has 0 radical (unpaired) electrons. The zero-order chi connectivity index (χ0) is 12.8. The molecule has 2 nitrogen and oxygen atoms in total. The number of likely N-dealkylation sites (N-methyl/N-ethyl adjacent to an activating group) is 1. The van der Waals surface area contributed by atoms with Crippen LogP contribution in [-0.4, -0.2) is 36.6 Å². The van der Waals surface area contributed by atoms with Gasteiger partial charge in [-0.1, -0.05) is 24.3 Å². The second kappa shape index (κ2) is 4.60. The Morgan fingerprint density at radius 1 is 1.16 bits per heavy atom. The van der Waals surface area contributed by atoms with Crippen LogP contribution in [0.15, 0.2) is 24.3 Å². The largest absolute Gasteiger partial charge is 0.311 e. The third-order valence-electron chi connectivity index (χ3n) is 5.54. The molecule has 2 fully saturated rings. The van der Waals surface area contributed by atoms with E-state index in [2.05, 4.69) is 41.5 Å². The minimum atomic E-state index is 0.786. The Balaban J connectivity index is 1.39. The summed E-state index contributed by atoms with van der Waals surface area (Å²) in [4.78, 5) is 2.65. The van der Waals surface area contributed by atoms with Crippen LogP contribution in [0.5, 0.6) is 0 Å². The summed E-state index contributed by atoms with van der Waals surface area (Å²) in [6.07, 6.45) is 6.82. The van der Waals surface area contributed by atoms with Crippen LogP contribution in [0.2, 0.25) is 0 Å². The zero-order valence-corrected chi connectivity index (χ0v) is 11.8. The van der Waals surface area contributed by atoms with E-state index in [9.17, 15) is 0 Å². The minimum absolute atomic E-state index is 0.786. The van der Waals surface area contributed by atoms with Crippen LogP contribution >= 0.6 is 0 Å². The molecule has 2 heterocycles. The lowest BCUT2D eigenvalue weighted by molar-refractivity contribution is 0.160. The molecule has 1 N–H and O–H groups in total. The molecule has 3 aliphatic rings. The standard InChI is InChI=1S/C17H24N2/c1-19(16-9-14-6-7-15(10-16)18-14)11-13-8-12-4-2-3-5-17(12)13/h2-5,13-16,18H,6-11H2,1H3.